The number of morpholine rings is 1. The fourth-order valence-corrected chi connectivity index (χ4v) is 4.44. The van der Waals surface area contributed by atoms with E-state index in [9.17, 15) is 9.90 Å². The molecule has 3 aliphatic rings. The molecule has 1 saturated carbocycles. The van der Waals surface area contributed by atoms with E-state index in [4.69, 9.17) is 4.74 Å². The first-order valence-electron chi connectivity index (χ1n) is 9.95. The Hall–Kier alpha value is -0.650. The molecular formula is C19H34N2O3. The van der Waals surface area contributed by atoms with Gasteiger partial charge in [0.05, 0.1) is 25.2 Å². The second-order valence-electron chi connectivity index (χ2n) is 8.03. The zero-order valence-electron chi connectivity index (χ0n) is 15.0. The van der Waals surface area contributed by atoms with E-state index in [0.717, 1.165) is 83.8 Å². The smallest absolute Gasteiger partial charge is 0.225 e. The van der Waals surface area contributed by atoms with E-state index in [0.29, 0.717) is 6.42 Å². The number of hydrogen-bond acceptors (Lipinski definition) is 4. The molecule has 2 saturated heterocycles. The monoisotopic (exact) mass is 338 g/mol. The Labute approximate surface area is 146 Å². The molecule has 0 aromatic rings. The largest absolute Gasteiger partial charge is 0.389 e. The van der Waals surface area contributed by atoms with Crippen molar-refractivity contribution in [3.05, 3.63) is 0 Å². The fourth-order valence-electron chi connectivity index (χ4n) is 4.44. The van der Waals surface area contributed by atoms with Crippen LogP contribution in [0.25, 0.3) is 0 Å². The molecule has 1 aliphatic carbocycles. The number of carbonyl (C=O) groups excluding carboxylic acids is 1. The quantitative estimate of drug-likeness (QED) is 0.833. The van der Waals surface area contributed by atoms with Crippen LogP contribution in [0.2, 0.25) is 0 Å². The topological polar surface area (TPSA) is 53.0 Å². The van der Waals surface area contributed by atoms with Crippen molar-refractivity contribution in [2.45, 2.75) is 63.4 Å². The number of likely N-dealkylation sites (tertiary alicyclic amines) is 1. The fraction of sp³-hybridized carbons (Fsp3) is 0.947. The normalized spacial score (nSPS) is 26.5. The van der Waals surface area contributed by atoms with Gasteiger partial charge in [0.2, 0.25) is 5.91 Å². The first-order valence-corrected chi connectivity index (χ1v) is 9.95. The summed E-state index contributed by atoms with van der Waals surface area (Å²) in [5.74, 6) is 0.917. The van der Waals surface area contributed by atoms with Gasteiger partial charge in [0, 0.05) is 26.2 Å². The van der Waals surface area contributed by atoms with Crippen molar-refractivity contribution in [3.8, 4) is 0 Å². The van der Waals surface area contributed by atoms with Gasteiger partial charge in [-0.3, -0.25) is 9.69 Å². The Morgan fingerprint density at radius 2 is 1.71 bits per heavy atom. The summed E-state index contributed by atoms with van der Waals surface area (Å²) in [6.45, 7) is 6.80. The molecule has 3 fully saturated rings. The summed E-state index contributed by atoms with van der Waals surface area (Å²) in [7, 11) is 0. The number of carbonyl (C=O) groups is 1. The predicted octanol–water partition coefficient (Wildman–Crippen LogP) is 2.03. The maximum Gasteiger partial charge on any atom is 0.225 e. The lowest BCUT2D eigenvalue weighted by Gasteiger charge is -2.37. The third kappa shape index (κ3) is 5.17. The third-order valence-electron chi connectivity index (χ3n) is 6.19. The summed E-state index contributed by atoms with van der Waals surface area (Å²) >= 11 is 0. The Bertz CT molecular complexity index is 395. The lowest BCUT2D eigenvalue weighted by atomic mass is 9.82. The summed E-state index contributed by atoms with van der Waals surface area (Å²) in [5.41, 5.74) is -0.720. The number of hydrogen-bond donors (Lipinski definition) is 1. The van der Waals surface area contributed by atoms with Crippen molar-refractivity contribution in [3.63, 3.8) is 0 Å². The highest BCUT2D eigenvalue weighted by molar-refractivity contribution is 5.77. The van der Waals surface area contributed by atoms with Crippen LogP contribution in [-0.2, 0) is 9.53 Å². The summed E-state index contributed by atoms with van der Waals surface area (Å²) in [5, 5.41) is 10.6. The minimum atomic E-state index is -0.720. The molecule has 0 spiro atoms. The number of nitrogens with zero attached hydrogens (tertiary/aromatic N) is 2. The highest BCUT2D eigenvalue weighted by Crippen LogP contribution is 2.32. The number of rotatable bonds is 5. The molecule has 5 heteroatoms. The van der Waals surface area contributed by atoms with Crippen LogP contribution in [0.3, 0.4) is 0 Å². The Balaban J connectivity index is 1.35. The van der Waals surface area contributed by atoms with Crippen LogP contribution in [-0.4, -0.2) is 72.4 Å². The van der Waals surface area contributed by atoms with Gasteiger partial charge >= 0.3 is 0 Å². The van der Waals surface area contributed by atoms with Gasteiger partial charge in [-0.1, -0.05) is 19.3 Å². The standard InChI is InChI=1S/C19H34N2O3/c22-18(16-19(23)7-2-1-3-8-19)21-10-5-17(6-11-21)4-9-20-12-14-24-15-13-20/h17,23H,1-16H2. The molecular weight excluding hydrogens is 304 g/mol. The molecule has 1 N–H and O–H groups in total. The van der Waals surface area contributed by atoms with E-state index in [1.54, 1.807) is 0 Å². The lowest BCUT2D eigenvalue weighted by Crippen LogP contribution is -2.44. The number of aliphatic hydroxyl groups is 1. The molecule has 24 heavy (non-hydrogen) atoms. The number of amides is 1. The Morgan fingerprint density at radius 1 is 1.04 bits per heavy atom. The van der Waals surface area contributed by atoms with Crippen molar-refractivity contribution >= 4 is 5.91 Å². The SMILES string of the molecule is O=C(CC1(O)CCCCC1)N1CCC(CCN2CCOCC2)CC1. The minimum Gasteiger partial charge on any atom is -0.389 e. The maximum absolute atomic E-state index is 12.5. The lowest BCUT2D eigenvalue weighted by molar-refractivity contribution is -0.139. The van der Waals surface area contributed by atoms with Gasteiger partial charge in [0.15, 0.2) is 0 Å². The van der Waals surface area contributed by atoms with E-state index in [1.807, 2.05) is 4.90 Å². The minimum absolute atomic E-state index is 0.172. The number of piperidine rings is 1. The van der Waals surface area contributed by atoms with Crippen LogP contribution in [0, 0.1) is 5.92 Å². The van der Waals surface area contributed by atoms with E-state index in [2.05, 4.69) is 4.90 Å². The van der Waals surface area contributed by atoms with Crippen LogP contribution in [0.15, 0.2) is 0 Å². The first-order chi connectivity index (χ1) is 11.6. The van der Waals surface area contributed by atoms with Gasteiger partial charge in [-0.05, 0) is 44.6 Å². The van der Waals surface area contributed by atoms with Gasteiger partial charge < -0.3 is 14.7 Å². The van der Waals surface area contributed by atoms with E-state index in [1.165, 1.54) is 19.4 Å². The zero-order valence-corrected chi connectivity index (χ0v) is 15.0. The third-order valence-corrected chi connectivity index (χ3v) is 6.19. The predicted molar refractivity (Wildman–Crippen MR) is 93.8 cm³/mol. The van der Waals surface area contributed by atoms with E-state index >= 15 is 0 Å². The summed E-state index contributed by atoms with van der Waals surface area (Å²) in [6, 6.07) is 0. The van der Waals surface area contributed by atoms with E-state index in [-0.39, 0.29) is 5.91 Å². The van der Waals surface area contributed by atoms with Crippen molar-refractivity contribution in [1.29, 1.82) is 0 Å². The van der Waals surface area contributed by atoms with Gasteiger partial charge in [0.1, 0.15) is 0 Å². The van der Waals surface area contributed by atoms with Crippen LogP contribution in [0.5, 0.6) is 0 Å². The molecule has 0 aromatic heterocycles. The Morgan fingerprint density at radius 3 is 2.38 bits per heavy atom. The molecule has 0 unspecified atom stereocenters. The molecule has 3 rings (SSSR count). The number of ether oxygens (including phenoxy) is 1. The summed E-state index contributed by atoms with van der Waals surface area (Å²) in [4.78, 5) is 17.0. The second kappa shape index (κ2) is 8.63. The van der Waals surface area contributed by atoms with Gasteiger partial charge in [0.25, 0.3) is 0 Å². The molecule has 1 amide bonds. The van der Waals surface area contributed by atoms with Crippen LogP contribution >= 0.6 is 0 Å². The average Bonchev–Trinajstić information content (AvgIpc) is 2.61. The van der Waals surface area contributed by atoms with Crippen molar-refractivity contribution in [2.24, 2.45) is 5.92 Å². The van der Waals surface area contributed by atoms with Crippen LogP contribution in [0.4, 0.5) is 0 Å². The highest BCUT2D eigenvalue weighted by atomic mass is 16.5. The summed E-state index contributed by atoms with van der Waals surface area (Å²) in [6.07, 6.45) is 8.75. The van der Waals surface area contributed by atoms with Gasteiger partial charge in [-0.2, -0.15) is 0 Å². The first kappa shape index (κ1) is 18.2. The van der Waals surface area contributed by atoms with Crippen LogP contribution in [0.1, 0.15) is 57.8 Å². The van der Waals surface area contributed by atoms with Crippen molar-refractivity contribution in [1.82, 2.24) is 9.80 Å². The molecule has 2 heterocycles. The van der Waals surface area contributed by atoms with E-state index < -0.39 is 5.60 Å². The van der Waals surface area contributed by atoms with Crippen molar-refractivity contribution in [2.75, 3.05) is 45.9 Å². The second-order valence-corrected chi connectivity index (χ2v) is 8.03. The van der Waals surface area contributed by atoms with Crippen molar-refractivity contribution < 1.29 is 14.6 Å². The zero-order chi connectivity index (χ0) is 16.8. The highest BCUT2D eigenvalue weighted by Gasteiger charge is 2.34. The van der Waals surface area contributed by atoms with Gasteiger partial charge in [-0.15, -0.1) is 0 Å². The Kier molecular flexibility index (Phi) is 6.53. The molecule has 0 radical (unpaired) electrons. The maximum atomic E-state index is 12.5. The molecule has 138 valence electrons. The average molecular weight is 338 g/mol. The molecule has 0 bridgehead atoms. The van der Waals surface area contributed by atoms with Gasteiger partial charge in [-0.25, -0.2) is 0 Å². The molecule has 0 aromatic carbocycles. The molecule has 0 atom stereocenters. The molecule has 5 nitrogen and oxygen atoms in total. The molecule has 2 aliphatic heterocycles. The summed E-state index contributed by atoms with van der Waals surface area (Å²) < 4.78 is 5.40. The van der Waals surface area contributed by atoms with Crippen LogP contribution < -0.4 is 0 Å².